The topological polar surface area (TPSA) is 0 Å². The summed E-state index contributed by atoms with van der Waals surface area (Å²) in [7, 11) is -1.37. The van der Waals surface area contributed by atoms with Gasteiger partial charge in [-0.2, -0.15) is 0 Å². The monoisotopic (exact) mass is 468 g/mol. The number of hydrogen-bond donors (Lipinski definition) is 0. The molecule has 0 aromatic rings. The summed E-state index contributed by atoms with van der Waals surface area (Å²) in [5, 5.41) is 2.01. The van der Waals surface area contributed by atoms with Crippen molar-refractivity contribution < 1.29 is 0 Å². The molecule has 6 saturated carbocycles. The first kappa shape index (κ1) is 26.1. The van der Waals surface area contributed by atoms with Crippen molar-refractivity contribution in [3.8, 4) is 0 Å². The molecule has 6 aliphatic carbocycles. The number of fused-ring (bicyclic) bond motifs is 4. The Morgan fingerprint density at radius 2 is 1.27 bits per heavy atom. The molecule has 0 spiro atoms. The minimum Gasteiger partial charge on any atom is -0.114 e. The van der Waals surface area contributed by atoms with Gasteiger partial charge >= 0.3 is 0 Å². The van der Waals surface area contributed by atoms with E-state index in [2.05, 4.69) is 74.2 Å². The fourth-order valence-electron chi connectivity index (χ4n) is 9.88. The van der Waals surface area contributed by atoms with E-state index in [-0.39, 0.29) is 0 Å². The Labute approximate surface area is 209 Å². The lowest BCUT2D eigenvalue weighted by molar-refractivity contribution is -0.107. The molecule has 188 valence electrons. The summed E-state index contributed by atoms with van der Waals surface area (Å²) in [6.45, 7) is 27.0. The summed E-state index contributed by atoms with van der Waals surface area (Å²) in [5.41, 5.74) is 1.21. The highest BCUT2D eigenvalue weighted by molar-refractivity contribution is 6.99. The second-order valence-electron chi connectivity index (χ2n) is 15.5. The number of allylic oxidation sites excluding steroid dienone is 1. The van der Waals surface area contributed by atoms with Crippen molar-refractivity contribution in [1.82, 2.24) is 0 Å². The van der Waals surface area contributed by atoms with Crippen molar-refractivity contribution in [2.75, 3.05) is 0 Å². The largest absolute Gasteiger partial charge is 0.172 e. The van der Waals surface area contributed by atoms with Crippen molar-refractivity contribution >= 4 is 14.8 Å². The van der Waals surface area contributed by atoms with Crippen LogP contribution in [-0.2, 0) is 0 Å². The average Bonchev–Trinajstić information content (AvgIpc) is 2.72. The Morgan fingerprint density at radius 3 is 1.64 bits per heavy atom. The second kappa shape index (κ2) is 9.15. The van der Waals surface area contributed by atoms with Gasteiger partial charge in [-0.25, -0.2) is 0 Å². The van der Waals surface area contributed by atoms with Crippen LogP contribution in [0.4, 0.5) is 0 Å². The molecule has 8 atom stereocenters. The van der Waals surface area contributed by atoms with Crippen LogP contribution in [0.25, 0.3) is 0 Å². The van der Waals surface area contributed by atoms with Gasteiger partial charge in [0.15, 0.2) is 6.71 Å². The van der Waals surface area contributed by atoms with Crippen LogP contribution in [0, 0.1) is 46.3 Å². The predicted octanol–water partition coefficient (Wildman–Crippen LogP) is 9.94. The van der Waals surface area contributed by atoms with Gasteiger partial charge in [-0.3, -0.25) is 0 Å². The lowest BCUT2D eigenvalue weighted by Gasteiger charge is -2.67. The molecular weight excluding hydrogens is 411 g/mol. The van der Waals surface area contributed by atoms with Gasteiger partial charge in [-0.05, 0) is 72.0 Å². The van der Waals surface area contributed by atoms with Gasteiger partial charge in [-0.15, -0.1) is 5.10 Å². The fraction of sp³-hybridized carbons (Fsp3) is 0.935. The van der Waals surface area contributed by atoms with Crippen LogP contribution in [0.2, 0.25) is 31.3 Å². The summed E-state index contributed by atoms with van der Waals surface area (Å²) in [5.74, 6) is 7.64. The molecule has 0 nitrogen and oxygen atoms in total. The van der Waals surface area contributed by atoms with Gasteiger partial charge in [0.05, 0.1) is 8.07 Å². The summed E-state index contributed by atoms with van der Waals surface area (Å²) in [6.07, 6.45) is 15.9. The molecule has 4 bridgehead atoms. The Morgan fingerprint density at radius 1 is 0.788 bits per heavy atom. The van der Waals surface area contributed by atoms with E-state index in [4.69, 9.17) is 0 Å². The predicted molar refractivity (Wildman–Crippen MR) is 152 cm³/mol. The minimum atomic E-state index is -1.37. The molecule has 0 amide bonds. The minimum absolute atomic E-state index is 0.603. The van der Waals surface area contributed by atoms with Gasteiger partial charge in [0.1, 0.15) is 0 Å². The quantitative estimate of drug-likeness (QED) is 0.233. The Hall–Kier alpha value is 0.0218. The van der Waals surface area contributed by atoms with E-state index in [9.17, 15) is 0 Å². The SMILES string of the molecule is CCCCCC/C=C(/B([C@@H]1CC2CC([C@H]1C)C2(C)C)[C@@H]1CC2CC([C@H]1C)C2(C)C)[Si](C)(C)C. The third-order valence-corrected chi connectivity index (χ3v) is 14.7. The fourth-order valence-corrected chi connectivity index (χ4v) is 12.1. The molecule has 6 aliphatic rings. The molecule has 0 N–H and O–H groups in total. The highest BCUT2D eigenvalue weighted by Crippen LogP contribution is 2.70. The molecule has 0 aliphatic heterocycles. The molecule has 6 rings (SSSR count). The lowest BCUT2D eigenvalue weighted by Crippen LogP contribution is -2.61. The first-order chi connectivity index (χ1) is 15.3. The van der Waals surface area contributed by atoms with Crippen LogP contribution in [-0.4, -0.2) is 14.8 Å². The highest BCUT2D eigenvalue weighted by atomic mass is 28.3. The molecular formula is C31H57BSi. The molecule has 6 fully saturated rings. The van der Waals surface area contributed by atoms with E-state index >= 15 is 0 Å². The smallest absolute Gasteiger partial charge is 0.114 e. The zero-order valence-electron chi connectivity index (χ0n) is 24.1. The molecule has 0 aromatic heterocycles. The maximum absolute atomic E-state index is 2.85. The zero-order valence-corrected chi connectivity index (χ0v) is 25.1. The Bertz CT molecular complexity index is 686. The summed E-state index contributed by atoms with van der Waals surface area (Å²) >= 11 is 0. The summed E-state index contributed by atoms with van der Waals surface area (Å²) in [4.78, 5) is 0. The van der Waals surface area contributed by atoms with Crippen LogP contribution >= 0.6 is 0 Å². The van der Waals surface area contributed by atoms with Crippen molar-refractivity contribution in [2.45, 2.75) is 138 Å². The molecule has 33 heavy (non-hydrogen) atoms. The number of rotatable bonds is 9. The van der Waals surface area contributed by atoms with Crippen LogP contribution in [0.5, 0.6) is 0 Å². The molecule has 4 unspecified atom stereocenters. The van der Waals surface area contributed by atoms with E-state index in [1.807, 2.05) is 5.10 Å². The first-order valence-corrected chi connectivity index (χ1v) is 18.5. The van der Waals surface area contributed by atoms with Gasteiger partial charge in [0, 0.05) is 0 Å². The van der Waals surface area contributed by atoms with E-state index in [0.717, 1.165) is 53.9 Å². The van der Waals surface area contributed by atoms with Crippen LogP contribution in [0.1, 0.15) is 106 Å². The first-order valence-electron chi connectivity index (χ1n) is 15.0. The highest BCUT2D eigenvalue weighted by Gasteiger charge is 2.63. The number of unbranched alkanes of at least 4 members (excludes halogenated alkanes) is 4. The lowest BCUT2D eigenvalue weighted by atomic mass is 9.21. The van der Waals surface area contributed by atoms with Gasteiger partial charge in [-0.1, -0.05) is 118 Å². The van der Waals surface area contributed by atoms with Crippen LogP contribution < -0.4 is 0 Å². The van der Waals surface area contributed by atoms with Crippen LogP contribution in [0.15, 0.2) is 11.2 Å². The Kier molecular flexibility index (Phi) is 7.24. The maximum atomic E-state index is 2.85. The van der Waals surface area contributed by atoms with E-state index in [1.54, 1.807) is 0 Å². The van der Waals surface area contributed by atoms with Crippen molar-refractivity contribution in [1.29, 1.82) is 0 Å². The molecule has 0 radical (unpaired) electrons. The third kappa shape index (κ3) is 4.40. The molecule has 0 saturated heterocycles. The molecule has 0 aromatic carbocycles. The normalized spacial score (nSPS) is 41.2. The van der Waals surface area contributed by atoms with E-state index in [0.29, 0.717) is 10.8 Å². The van der Waals surface area contributed by atoms with Crippen molar-refractivity contribution in [3.05, 3.63) is 11.2 Å². The van der Waals surface area contributed by atoms with Crippen molar-refractivity contribution in [3.63, 3.8) is 0 Å². The summed E-state index contributed by atoms with van der Waals surface area (Å²) in [6, 6.07) is 0. The van der Waals surface area contributed by atoms with Gasteiger partial charge in [0.25, 0.3) is 0 Å². The van der Waals surface area contributed by atoms with Crippen molar-refractivity contribution in [2.24, 2.45) is 46.3 Å². The standard InChI is InChI=1S/C31H57BSi/c1-11-12-13-14-15-16-29(33(8,9)10)32(27-19-23-17-25(21(27)2)30(23,4)5)28-20-24-18-26(22(28)3)31(24,6)7/h16,21-28H,11-15,17-20H2,1-10H3/b29-16-/t21-,22-,23?,24?,25?,26?,27-,28-/m1/s1. The average molecular weight is 469 g/mol. The van der Waals surface area contributed by atoms with E-state index in [1.165, 1.54) is 57.8 Å². The Balaban J connectivity index is 1.66. The van der Waals surface area contributed by atoms with Gasteiger partial charge in [0.2, 0.25) is 0 Å². The molecule has 0 heterocycles. The van der Waals surface area contributed by atoms with Gasteiger partial charge < -0.3 is 0 Å². The van der Waals surface area contributed by atoms with E-state index < -0.39 is 8.07 Å². The third-order valence-electron chi connectivity index (χ3n) is 12.4. The number of hydrogen-bond acceptors (Lipinski definition) is 0. The maximum Gasteiger partial charge on any atom is 0.172 e. The summed E-state index contributed by atoms with van der Waals surface area (Å²) < 4.78 is 0. The zero-order chi connectivity index (χ0) is 24.3. The second-order valence-corrected chi connectivity index (χ2v) is 20.6. The molecule has 2 heteroatoms. The van der Waals surface area contributed by atoms with Crippen LogP contribution in [0.3, 0.4) is 0 Å².